The smallest absolute Gasteiger partial charge is 0.125 e. The van der Waals surface area contributed by atoms with E-state index in [0.29, 0.717) is 0 Å². The van der Waals surface area contributed by atoms with Crippen LogP contribution in [0.5, 0.6) is 5.75 Å². The number of fused-ring (bicyclic) bond motifs is 1. The van der Waals surface area contributed by atoms with E-state index in [1.54, 1.807) is 19.3 Å². The normalized spacial score (nSPS) is 11.0. The zero-order chi connectivity index (χ0) is 10.7. The van der Waals surface area contributed by atoms with E-state index in [1.165, 1.54) is 0 Å². The standard InChI is InChI=1S/C12H12N2O/c1-13-14-8-11-10-5-3-2-4-9(10)6-7-12(11)15/h2-8,13,15H,1H3/b14-8+. The Morgan fingerprint density at radius 3 is 2.80 bits per heavy atom. The number of benzene rings is 2. The minimum absolute atomic E-state index is 0.243. The van der Waals surface area contributed by atoms with E-state index in [4.69, 9.17) is 0 Å². The van der Waals surface area contributed by atoms with Crippen molar-refractivity contribution in [1.29, 1.82) is 0 Å². The number of nitrogens with zero attached hydrogens (tertiary/aromatic N) is 1. The van der Waals surface area contributed by atoms with Crippen molar-refractivity contribution in [2.24, 2.45) is 5.10 Å². The van der Waals surface area contributed by atoms with Crippen molar-refractivity contribution in [2.75, 3.05) is 7.05 Å². The van der Waals surface area contributed by atoms with Crippen molar-refractivity contribution in [1.82, 2.24) is 5.43 Å². The third-order valence-electron chi connectivity index (χ3n) is 2.27. The van der Waals surface area contributed by atoms with E-state index in [1.807, 2.05) is 30.3 Å². The SMILES string of the molecule is CN/N=C/c1c(O)ccc2ccccc12. The molecule has 0 fully saturated rings. The Bertz CT molecular complexity index is 506. The molecular formula is C12H12N2O. The first kappa shape index (κ1) is 9.52. The van der Waals surface area contributed by atoms with Gasteiger partial charge in [0.15, 0.2) is 0 Å². The summed E-state index contributed by atoms with van der Waals surface area (Å²) in [7, 11) is 1.72. The van der Waals surface area contributed by atoms with Gasteiger partial charge in [0.25, 0.3) is 0 Å². The van der Waals surface area contributed by atoms with E-state index >= 15 is 0 Å². The van der Waals surface area contributed by atoms with Crippen LogP contribution in [0.3, 0.4) is 0 Å². The molecule has 2 aromatic rings. The van der Waals surface area contributed by atoms with Crippen LogP contribution in [0.15, 0.2) is 41.5 Å². The second kappa shape index (κ2) is 4.00. The Morgan fingerprint density at radius 1 is 1.20 bits per heavy atom. The van der Waals surface area contributed by atoms with Crippen LogP contribution in [-0.4, -0.2) is 18.4 Å². The van der Waals surface area contributed by atoms with Crippen molar-refractivity contribution in [3.05, 3.63) is 42.0 Å². The quantitative estimate of drug-likeness (QED) is 0.576. The van der Waals surface area contributed by atoms with Gasteiger partial charge < -0.3 is 10.5 Å². The summed E-state index contributed by atoms with van der Waals surface area (Å²) >= 11 is 0. The van der Waals surface area contributed by atoms with Crippen LogP contribution < -0.4 is 5.43 Å². The molecule has 2 aromatic carbocycles. The fraction of sp³-hybridized carbons (Fsp3) is 0.0833. The molecule has 0 atom stereocenters. The number of hydrogen-bond donors (Lipinski definition) is 2. The number of aromatic hydroxyl groups is 1. The van der Waals surface area contributed by atoms with Crippen LogP contribution in [0.25, 0.3) is 10.8 Å². The molecule has 0 amide bonds. The molecule has 0 unspecified atom stereocenters. The molecule has 0 bridgehead atoms. The van der Waals surface area contributed by atoms with Gasteiger partial charge >= 0.3 is 0 Å². The Hall–Kier alpha value is -2.03. The van der Waals surface area contributed by atoms with Gasteiger partial charge in [-0.05, 0) is 16.8 Å². The summed E-state index contributed by atoms with van der Waals surface area (Å²) < 4.78 is 0. The van der Waals surface area contributed by atoms with Gasteiger partial charge in [-0.1, -0.05) is 30.3 Å². The lowest BCUT2D eigenvalue weighted by Crippen LogP contribution is -1.95. The van der Waals surface area contributed by atoms with Crippen LogP contribution >= 0.6 is 0 Å². The van der Waals surface area contributed by atoms with Crippen LogP contribution in [0, 0.1) is 0 Å². The molecule has 0 spiro atoms. The molecule has 0 saturated carbocycles. The Balaban J connectivity index is 2.68. The molecule has 0 aromatic heterocycles. The first-order chi connectivity index (χ1) is 7.33. The number of rotatable bonds is 2. The van der Waals surface area contributed by atoms with Gasteiger partial charge in [-0.15, -0.1) is 0 Å². The molecular weight excluding hydrogens is 188 g/mol. The summed E-state index contributed by atoms with van der Waals surface area (Å²) in [5.41, 5.74) is 3.40. The Kier molecular flexibility index (Phi) is 2.54. The summed E-state index contributed by atoms with van der Waals surface area (Å²) in [6.45, 7) is 0. The van der Waals surface area contributed by atoms with Crippen molar-refractivity contribution in [3.8, 4) is 5.75 Å². The van der Waals surface area contributed by atoms with Crippen molar-refractivity contribution in [3.63, 3.8) is 0 Å². The van der Waals surface area contributed by atoms with Crippen LogP contribution in [0.2, 0.25) is 0 Å². The lowest BCUT2D eigenvalue weighted by molar-refractivity contribution is 0.475. The van der Waals surface area contributed by atoms with Crippen molar-refractivity contribution in [2.45, 2.75) is 0 Å². The molecule has 3 nitrogen and oxygen atoms in total. The highest BCUT2D eigenvalue weighted by molar-refractivity contribution is 6.02. The van der Waals surface area contributed by atoms with Gasteiger partial charge in [-0.2, -0.15) is 5.10 Å². The molecule has 0 radical (unpaired) electrons. The number of phenolic OH excluding ortho intramolecular Hbond substituents is 1. The van der Waals surface area contributed by atoms with Gasteiger partial charge in [-0.3, -0.25) is 0 Å². The summed E-state index contributed by atoms with van der Waals surface area (Å²) in [6.07, 6.45) is 1.62. The fourth-order valence-corrected chi connectivity index (χ4v) is 1.55. The van der Waals surface area contributed by atoms with Gasteiger partial charge in [0, 0.05) is 12.6 Å². The predicted octanol–water partition coefficient (Wildman–Crippen LogP) is 2.10. The Morgan fingerprint density at radius 2 is 2.00 bits per heavy atom. The van der Waals surface area contributed by atoms with E-state index in [9.17, 15) is 5.11 Å². The largest absolute Gasteiger partial charge is 0.507 e. The van der Waals surface area contributed by atoms with Gasteiger partial charge in [0.2, 0.25) is 0 Å². The summed E-state index contributed by atoms with van der Waals surface area (Å²) in [6, 6.07) is 11.5. The molecule has 0 aliphatic rings. The highest BCUT2D eigenvalue weighted by Crippen LogP contribution is 2.25. The van der Waals surface area contributed by atoms with Crippen molar-refractivity contribution < 1.29 is 5.11 Å². The van der Waals surface area contributed by atoms with E-state index in [-0.39, 0.29) is 5.75 Å². The monoisotopic (exact) mass is 200 g/mol. The topological polar surface area (TPSA) is 44.6 Å². The second-order valence-electron chi connectivity index (χ2n) is 3.20. The molecule has 2 N–H and O–H groups in total. The zero-order valence-corrected chi connectivity index (χ0v) is 8.44. The zero-order valence-electron chi connectivity index (χ0n) is 8.44. The average Bonchev–Trinajstić information content (AvgIpc) is 2.28. The van der Waals surface area contributed by atoms with E-state index in [2.05, 4.69) is 10.5 Å². The predicted molar refractivity (Wildman–Crippen MR) is 62.3 cm³/mol. The summed E-state index contributed by atoms with van der Waals surface area (Å²) in [4.78, 5) is 0. The highest BCUT2D eigenvalue weighted by atomic mass is 16.3. The molecule has 0 saturated heterocycles. The average molecular weight is 200 g/mol. The van der Waals surface area contributed by atoms with Crippen LogP contribution in [0.4, 0.5) is 0 Å². The second-order valence-corrected chi connectivity index (χ2v) is 3.20. The fourth-order valence-electron chi connectivity index (χ4n) is 1.55. The molecule has 3 heteroatoms. The van der Waals surface area contributed by atoms with Gasteiger partial charge in [-0.25, -0.2) is 0 Å². The molecule has 2 rings (SSSR count). The summed E-state index contributed by atoms with van der Waals surface area (Å²) in [5.74, 6) is 0.243. The molecule has 0 heterocycles. The minimum atomic E-state index is 0.243. The Labute approximate surface area is 88.1 Å². The van der Waals surface area contributed by atoms with Crippen molar-refractivity contribution >= 4 is 17.0 Å². The van der Waals surface area contributed by atoms with E-state index in [0.717, 1.165) is 16.3 Å². The maximum absolute atomic E-state index is 9.72. The third-order valence-corrected chi connectivity index (χ3v) is 2.27. The number of nitrogens with one attached hydrogen (secondary N) is 1. The number of hydrazone groups is 1. The van der Waals surface area contributed by atoms with E-state index < -0.39 is 0 Å². The highest BCUT2D eigenvalue weighted by Gasteiger charge is 2.03. The lowest BCUT2D eigenvalue weighted by atomic mass is 10.0. The maximum Gasteiger partial charge on any atom is 0.125 e. The minimum Gasteiger partial charge on any atom is -0.507 e. The lowest BCUT2D eigenvalue weighted by Gasteiger charge is -2.04. The first-order valence-electron chi connectivity index (χ1n) is 4.73. The van der Waals surface area contributed by atoms with Gasteiger partial charge in [0.1, 0.15) is 5.75 Å². The molecule has 0 aliphatic carbocycles. The van der Waals surface area contributed by atoms with Crippen LogP contribution in [0.1, 0.15) is 5.56 Å². The molecule has 15 heavy (non-hydrogen) atoms. The first-order valence-corrected chi connectivity index (χ1v) is 4.73. The number of hydrogen-bond acceptors (Lipinski definition) is 3. The summed E-state index contributed by atoms with van der Waals surface area (Å²) in [5, 5.41) is 15.7. The molecule has 0 aliphatic heterocycles. The van der Waals surface area contributed by atoms with Crippen LogP contribution in [-0.2, 0) is 0 Å². The van der Waals surface area contributed by atoms with Gasteiger partial charge in [0.05, 0.1) is 6.21 Å². The maximum atomic E-state index is 9.72. The molecule has 76 valence electrons. The third kappa shape index (κ3) is 1.76. The number of phenols is 1.